The third-order valence-corrected chi connectivity index (χ3v) is 5.51. The van der Waals surface area contributed by atoms with Gasteiger partial charge < -0.3 is 23.7 Å². The number of aryl methyl sites for hydroxylation is 1. The molecule has 0 spiro atoms. The Morgan fingerprint density at radius 1 is 0.788 bits per heavy atom. The Kier molecular flexibility index (Phi) is 7.22. The second-order valence-electron chi connectivity index (χ2n) is 7.90. The molecule has 0 saturated carbocycles. The molecule has 2 saturated heterocycles. The molecule has 7 heteroatoms. The Morgan fingerprint density at radius 3 is 1.70 bits per heavy atom. The maximum absolute atomic E-state index is 12.2. The predicted molar refractivity (Wildman–Crippen MR) is 121 cm³/mol. The number of ether oxygens (including phenoxy) is 5. The van der Waals surface area contributed by atoms with E-state index in [-0.39, 0.29) is 13.2 Å². The van der Waals surface area contributed by atoms with E-state index in [0.29, 0.717) is 0 Å². The Hall–Kier alpha value is -3.42. The van der Waals surface area contributed by atoms with Gasteiger partial charge in [-0.2, -0.15) is 0 Å². The summed E-state index contributed by atoms with van der Waals surface area (Å²) in [7, 11) is 1.60. The molecular weight excluding hydrogens is 424 g/mol. The first-order chi connectivity index (χ1) is 16.0. The van der Waals surface area contributed by atoms with Crippen LogP contribution >= 0.6 is 0 Å². The first-order valence-electron chi connectivity index (χ1n) is 10.7. The lowest BCUT2D eigenvalue weighted by molar-refractivity contribution is -0.149. The van der Waals surface area contributed by atoms with Crippen LogP contribution in [0.4, 0.5) is 0 Å². The second kappa shape index (κ2) is 10.5. The summed E-state index contributed by atoms with van der Waals surface area (Å²) in [6, 6.07) is 15.1. The SMILES string of the molecule is COc1ccc(/C=C/C(=O)OC2COC3C(OC(=O)/C=C\c4ccc(C)cc4)COC23)cc1. The van der Waals surface area contributed by atoms with Crippen molar-refractivity contribution in [3.63, 3.8) is 0 Å². The molecule has 0 bridgehead atoms. The van der Waals surface area contributed by atoms with E-state index in [1.807, 2.05) is 55.5 Å². The van der Waals surface area contributed by atoms with Crippen LogP contribution in [0.25, 0.3) is 12.2 Å². The van der Waals surface area contributed by atoms with Gasteiger partial charge >= 0.3 is 11.9 Å². The maximum Gasteiger partial charge on any atom is 0.331 e. The second-order valence-corrected chi connectivity index (χ2v) is 7.90. The summed E-state index contributed by atoms with van der Waals surface area (Å²) in [5.74, 6) is -0.232. The lowest BCUT2D eigenvalue weighted by Crippen LogP contribution is -2.35. The minimum atomic E-state index is -0.560. The molecule has 2 aliphatic heterocycles. The fourth-order valence-corrected chi connectivity index (χ4v) is 3.73. The van der Waals surface area contributed by atoms with E-state index in [9.17, 15) is 9.59 Å². The van der Waals surface area contributed by atoms with Gasteiger partial charge in [-0.15, -0.1) is 0 Å². The molecule has 0 N–H and O–H groups in total. The van der Waals surface area contributed by atoms with E-state index < -0.39 is 36.4 Å². The number of fused-ring (bicyclic) bond motifs is 1. The zero-order valence-electron chi connectivity index (χ0n) is 18.5. The average Bonchev–Trinajstić information content (AvgIpc) is 3.41. The van der Waals surface area contributed by atoms with E-state index in [4.69, 9.17) is 23.7 Å². The van der Waals surface area contributed by atoms with Crippen LogP contribution < -0.4 is 4.74 Å². The van der Waals surface area contributed by atoms with Gasteiger partial charge in [-0.3, -0.25) is 0 Å². The molecule has 2 aromatic carbocycles. The summed E-state index contributed by atoms with van der Waals surface area (Å²) in [5.41, 5.74) is 2.90. The molecule has 33 heavy (non-hydrogen) atoms. The van der Waals surface area contributed by atoms with Crippen LogP contribution in [-0.4, -0.2) is 56.7 Å². The fraction of sp³-hybridized carbons (Fsp3) is 0.308. The van der Waals surface area contributed by atoms with E-state index in [0.717, 1.165) is 22.4 Å². The molecule has 2 heterocycles. The van der Waals surface area contributed by atoms with Gasteiger partial charge in [-0.05, 0) is 42.3 Å². The Bertz CT molecular complexity index is 1020. The van der Waals surface area contributed by atoms with Gasteiger partial charge in [0, 0.05) is 12.2 Å². The van der Waals surface area contributed by atoms with Gasteiger partial charge in [0.15, 0.2) is 12.2 Å². The zero-order chi connectivity index (χ0) is 23.2. The van der Waals surface area contributed by atoms with Gasteiger partial charge in [0.2, 0.25) is 0 Å². The lowest BCUT2D eigenvalue weighted by atomic mass is 10.1. The summed E-state index contributed by atoms with van der Waals surface area (Å²) >= 11 is 0. The summed E-state index contributed by atoms with van der Waals surface area (Å²) in [6.07, 6.45) is 4.05. The van der Waals surface area contributed by atoms with Crippen molar-refractivity contribution in [3.8, 4) is 5.75 Å². The predicted octanol–water partition coefficient (Wildman–Crippen LogP) is 3.35. The van der Waals surface area contributed by atoms with Crippen LogP contribution in [0.5, 0.6) is 5.75 Å². The molecule has 4 unspecified atom stereocenters. The normalized spacial score (nSPS) is 24.2. The fourth-order valence-electron chi connectivity index (χ4n) is 3.73. The Balaban J connectivity index is 1.26. The maximum atomic E-state index is 12.2. The Morgan fingerprint density at radius 2 is 1.24 bits per heavy atom. The van der Waals surface area contributed by atoms with Crippen molar-refractivity contribution >= 4 is 24.1 Å². The van der Waals surface area contributed by atoms with E-state index >= 15 is 0 Å². The topological polar surface area (TPSA) is 80.3 Å². The molecule has 4 atom stereocenters. The molecule has 172 valence electrons. The van der Waals surface area contributed by atoms with Gasteiger partial charge in [0.25, 0.3) is 0 Å². The molecule has 4 rings (SSSR count). The number of esters is 2. The highest BCUT2D eigenvalue weighted by atomic mass is 16.7. The van der Waals surface area contributed by atoms with Crippen LogP contribution in [0.15, 0.2) is 60.7 Å². The number of methoxy groups -OCH3 is 1. The summed E-state index contributed by atoms with van der Waals surface area (Å²) < 4.78 is 27.6. The highest BCUT2D eigenvalue weighted by Crippen LogP contribution is 2.31. The minimum absolute atomic E-state index is 0.185. The first-order valence-corrected chi connectivity index (χ1v) is 10.7. The monoisotopic (exact) mass is 450 g/mol. The van der Waals surface area contributed by atoms with Gasteiger partial charge in [0.1, 0.15) is 18.0 Å². The van der Waals surface area contributed by atoms with Crippen molar-refractivity contribution in [3.05, 3.63) is 77.4 Å². The highest BCUT2D eigenvalue weighted by molar-refractivity contribution is 5.87. The first kappa shape index (κ1) is 22.8. The van der Waals surface area contributed by atoms with Crippen molar-refractivity contribution < 1.29 is 33.3 Å². The number of benzene rings is 2. The summed E-state index contributed by atoms with van der Waals surface area (Å²) in [4.78, 5) is 24.5. The van der Waals surface area contributed by atoms with Crippen LogP contribution in [0.3, 0.4) is 0 Å². The van der Waals surface area contributed by atoms with Crippen LogP contribution in [-0.2, 0) is 28.5 Å². The van der Waals surface area contributed by atoms with Crippen molar-refractivity contribution in [2.75, 3.05) is 20.3 Å². The van der Waals surface area contributed by atoms with E-state index in [2.05, 4.69) is 0 Å². The zero-order valence-corrected chi connectivity index (χ0v) is 18.5. The van der Waals surface area contributed by atoms with Crippen molar-refractivity contribution in [1.82, 2.24) is 0 Å². The van der Waals surface area contributed by atoms with Gasteiger partial charge in [0.05, 0.1) is 20.3 Å². The molecule has 0 amide bonds. The lowest BCUT2D eigenvalue weighted by Gasteiger charge is -2.16. The molecular formula is C26H26O7. The van der Waals surface area contributed by atoms with Crippen LogP contribution in [0, 0.1) is 6.92 Å². The molecule has 2 aliphatic rings. The summed E-state index contributed by atoms with van der Waals surface area (Å²) in [5, 5.41) is 0. The van der Waals surface area contributed by atoms with E-state index in [1.54, 1.807) is 19.3 Å². The average molecular weight is 450 g/mol. The number of hydrogen-bond acceptors (Lipinski definition) is 7. The van der Waals surface area contributed by atoms with Gasteiger partial charge in [-0.1, -0.05) is 42.0 Å². The van der Waals surface area contributed by atoms with Crippen LogP contribution in [0.2, 0.25) is 0 Å². The third kappa shape index (κ3) is 5.88. The standard InChI is InChI=1S/C26H26O7/c1-17-3-5-18(6-4-17)9-13-23(27)32-21-15-30-26-22(16-31-25(21)26)33-24(28)14-10-19-7-11-20(29-2)12-8-19/h3-14,21-22,25-26H,15-16H2,1-2H3/b13-9-,14-10+. The molecule has 0 radical (unpaired) electrons. The molecule has 2 aromatic rings. The van der Waals surface area contributed by atoms with E-state index in [1.165, 1.54) is 12.2 Å². The molecule has 0 aromatic heterocycles. The van der Waals surface area contributed by atoms with Crippen molar-refractivity contribution in [2.45, 2.75) is 31.3 Å². The minimum Gasteiger partial charge on any atom is -0.497 e. The Labute approximate surface area is 192 Å². The summed E-state index contributed by atoms with van der Waals surface area (Å²) in [6.45, 7) is 2.38. The molecule has 0 aliphatic carbocycles. The third-order valence-electron chi connectivity index (χ3n) is 5.51. The highest BCUT2D eigenvalue weighted by Gasteiger charge is 2.50. The number of rotatable bonds is 7. The van der Waals surface area contributed by atoms with Crippen LogP contribution in [0.1, 0.15) is 16.7 Å². The van der Waals surface area contributed by atoms with Crippen molar-refractivity contribution in [1.29, 1.82) is 0 Å². The molecule has 7 nitrogen and oxygen atoms in total. The number of carbonyl (C=O) groups is 2. The number of hydrogen-bond donors (Lipinski definition) is 0. The van der Waals surface area contributed by atoms with Crippen molar-refractivity contribution in [2.24, 2.45) is 0 Å². The van der Waals surface area contributed by atoms with Gasteiger partial charge in [-0.25, -0.2) is 9.59 Å². The molecule has 2 fully saturated rings. The number of carbonyl (C=O) groups excluding carboxylic acids is 2. The smallest absolute Gasteiger partial charge is 0.331 e. The largest absolute Gasteiger partial charge is 0.497 e. The quantitative estimate of drug-likeness (QED) is 0.473.